The molecule has 1 N–H and O–H groups in total. The van der Waals surface area contributed by atoms with Crippen LogP contribution in [-0.2, 0) is 19.7 Å². The van der Waals surface area contributed by atoms with Gasteiger partial charge in [0.25, 0.3) is 10.2 Å². The Morgan fingerprint density at radius 3 is 2.59 bits per heavy atom. The van der Waals surface area contributed by atoms with Gasteiger partial charge in [0.05, 0.1) is 25.9 Å². The lowest BCUT2D eigenvalue weighted by Gasteiger charge is -2.40. The normalized spacial score (nSPS) is 27.8. The van der Waals surface area contributed by atoms with Crippen molar-refractivity contribution in [1.29, 1.82) is 0 Å². The van der Waals surface area contributed by atoms with Crippen LogP contribution in [0.4, 0.5) is 10.2 Å². The van der Waals surface area contributed by atoms with E-state index in [1.165, 1.54) is 10.4 Å². The van der Waals surface area contributed by atoms with Crippen molar-refractivity contribution in [1.82, 2.24) is 19.2 Å². The van der Waals surface area contributed by atoms with Gasteiger partial charge in [-0.05, 0) is 67.9 Å². The van der Waals surface area contributed by atoms with Crippen LogP contribution in [0.15, 0.2) is 42.6 Å². The second-order valence-corrected chi connectivity index (χ2v) is 11.9. The highest BCUT2D eigenvalue weighted by atomic mass is 32.2. The Morgan fingerprint density at radius 2 is 1.86 bits per heavy atom. The van der Waals surface area contributed by atoms with E-state index in [1.807, 2.05) is 18.2 Å². The summed E-state index contributed by atoms with van der Waals surface area (Å²) >= 11 is 0. The minimum absolute atomic E-state index is 0.0347. The van der Waals surface area contributed by atoms with E-state index >= 15 is 0 Å². The van der Waals surface area contributed by atoms with Crippen molar-refractivity contribution in [2.45, 2.75) is 50.2 Å². The molecule has 2 saturated heterocycles. The van der Waals surface area contributed by atoms with Gasteiger partial charge in [0.1, 0.15) is 5.82 Å². The van der Waals surface area contributed by atoms with E-state index in [2.05, 4.69) is 19.8 Å². The van der Waals surface area contributed by atoms with Crippen LogP contribution in [0.1, 0.15) is 43.6 Å². The number of morpholine rings is 1. The summed E-state index contributed by atoms with van der Waals surface area (Å²) in [7, 11) is -3.61. The number of piperidine rings is 1. The molecule has 202 valence electrons. The lowest BCUT2D eigenvalue weighted by atomic mass is 9.82. The first kappa shape index (κ1) is 26.4. The summed E-state index contributed by atoms with van der Waals surface area (Å²) in [6.45, 7) is 3.33. The fourth-order valence-electron chi connectivity index (χ4n) is 5.66. The number of benzene rings is 1. The molecule has 37 heavy (non-hydrogen) atoms. The van der Waals surface area contributed by atoms with E-state index in [1.54, 1.807) is 18.3 Å². The van der Waals surface area contributed by atoms with Crippen LogP contribution in [-0.4, -0.2) is 81.1 Å². The lowest BCUT2D eigenvalue weighted by Crippen LogP contribution is -2.56. The van der Waals surface area contributed by atoms with E-state index in [0.29, 0.717) is 58.3 Å². The highest BCUT2D eigenvalue weighted by molar-refractivity contribution is 7.87. The molecule has 2 unspecified atom stereocenters. The molecule has 3 heterocycles. The third-order valence-electron chi connectivity index (χ3n) is 7.77. The molecule has 0 amide bonds. The Labute approximate surface area is 218 Å². The summed E-state index contributed by atoms with van der Waals surface area (Å²) in [5, 5.41) is 8.26. The lowest BCUT2D eigenvalue weighted by molar-refractivity contribution is -0.00239. The highest BCUT2D eigenvalue weighted by Crippen LogP contribution is 2.35. The molecule has 9 nitrogen and oxygen atoms in total. The molecule has 0 spiro atoms. The van der Waals surface area contributed by atoms with Crippen LogP contribution in [0, 0.1) is 11.7 Å². The number of aromatic nitrogens is 2. The third kappa shape index (κ3) is 6.83. The minimum atomic E-state index is -3.61. The van der Waals surface area contributed by atoms with Gasteiger partial charge >= 0.3 is 0 Å². The molecule has 11 heteroatoms. The number of hydrogen-bond acceptors (Lipinski definition) is 7. The Bertz CT molecular complexity index is 1110. The number of rotatable bonds is 8. The van der Waals surface area contributed by atoms with Crippen LogP contribution in [0.25, 0.3) is 0 Å². The molecule has 1 saturated carbocycles. The van der Waals surface area contributed by atoms with Crippen molar-refractivity contribution < 1.29 is 22.3 Å². The minimum Gasteiger partial charge on any atom is -0.379 e. The van der Waals surface area contributed by atoms with Crippen LogP contribution >= 0.6 is 0 Å². The SMILES string of the molecule is O=S(=O)(NC1CCN(c2cccnn2)CC1CO[C@H]1CC[C@@H](c2cccc(F)c2)CC1)N1CCOCC1. The van der Waals surface area contributed by atoms with Gasteiger partial charge in [-0.3, -0.25) is 0 Å². The topological polar surface area (TPSA) is 96.9 Å². The molecule has 2 aliphatic heterocycles. The predicted molar refractivity (Wildman–Crippen MR) is 138 cm³/mol. The van der Waals surface area contributed by atoms with Gasteiger partial charge in [0, 0.05) is 44.3 Å². The zero-order valence-electron chi connectivity index (χ0n) is 21.0. The van der Waals surface area contributed by atoms with Crippen molar-refractivity contribution in [2.75, 3.05) is 50.9 Å². The van der Waals surface area contributed by atoms with Gasteiger partial charge < -0.3 is 14.4 Å². The Kier molecular flexibility index (Phi) is 8.66. The molecule has 0 radical (unpaired) electrons. The third-order valence-corrected chi connectivity index (χ3v) is 9.41. The average molecular weight is 534 g/mol. The van der Waals surface area contributed by atoms with Crippen molar-refractivity contribution in [3.63, 3.8) is 0 Å². The first-order valence-electron chi connectivity index (χ1n) is 13.2. The molecule has 3 aliphatic rings. The van der Waals surface area contributed by atoms with Crippen molar-refractivity contribution in [3.8, 4) is 0 Å². The second kappa shape index (κ2) is 12.1. The maximum atomic E-state index is 13.7. The summed E-state index contributed by atoms with van der Waals surface area (Å²) in [5.74, 6) is 0.918. The first-order chi connectivity index (χ1) is 18.0. The molecule has 2 atom stereocenters. The number of nitrogens with one attached hydrogen (secondary N) is 1. The number of halogens is 1. The number of hydrogen-bond donors (Lipinski definition) is 1. The van der Waals surface area contributed by atoms with Crippen LogP contribution in [0.5, 0.6) is 0 Å². The fraction of sp³-hybridized carbons (Fsp3) is 0.615. The molecule has 0 bridgehead atoms. The number of anilines is 1. The molecule has 3 fully saturated rings. The maximum absolute atomic E-state index is 13.7. The zero-order chi connectivity index (χ0) is 25.7. The quantitative estimate of drug-likeness (QED) is 0.557. The van der Waals surface area contributed by atoms with Gasteiger partial charge in [0.15, 0.2) is 5.82 Å². The molecular formula is C26H36FN5O4S. The van der Waals surface area contributed by atoms with Gasteiger partial charge in [-0.15, -0.1) is 5.10 Å². The van der Waals surface area contributed by atoms with Crippen LogP contribution in [0.3, 0.4) is 0 Å². The smallest absolute Gasteiger partial charge is 0.279 e. The van der Waals surface area contributed by atoms with Gasteiger partial charge in [0.2, 0.25) is 0 Å². The Hall–Kier alpha value is -2.18. The monoisotopic (exact) mass is 533 g/mol. The molecule has 1 aromatic heterocycles. The fourth-order valence-corrected chi connectivity index (χ4v) is 7.13. The van der Waals surface area contributed by atoms with Crippen molar-refractivity contribution in [3.05, 3.63) is 54.0 Å². The summed E-state index contributed by atoms with van der Waals surface area (Å²) < 4.78 is 56.0. The van der Waals surface area contributed by atoms with Crippen LogP contribution in [0.2, 0.25) is 0 Å². The summed E-state index contributed by atoms with van der Waals surface area (Å²) in [5.41, 5.74) is 1.06. The standard InChI is InChI=1S/C26H36FN5O4S/c27-23-4-1-3-21(17-23)20-6-8-24(9-7-20)36-19-22-18-31(26-5-2-11-28-29-26)12-10-25(22)30-37(33,34)32-13-15-35-16-14-32/h1-5,11,17,20,22,24-25,30H,6-10,12-16,18-19H2/t20-,22?,24+,25?. The van der Waals surface area contributed by atoms with E-state index < -0.39 is 10.2 Å². The van der Waals surface area contributed by atoms with E-state index in [4.69, 9.17) is 9.47 Å². The zero-order valence-corrected chi connectivity index (χ0v) is 21.9. The van der Waals surface area contributed by atoms with Gasteiger partial charge in [-0.25, -0.2) is 4.39 Å². The van der Waals surface area contributed by atoms with Crippen molar-refractivity contribution >= 4 is 16.0 Å². The van der Waals surface area contributed by atoms with Crippen LogP contribution < -0.4 is 9.62 Å². The van der Waals surface area contributed by atoms with E-state index in [-0.39, 0.29) is 23.9 Å². The molecule has 2 aromatic rings. The summed E-state index contributed by atoms with van der Waals surface area (Å²) in [4.78, 5) is 2.15. The van der Waals surface area contributed by atoms with E-state index in [9.17, 15) is 12.8 Å². The largest absolute Gasteiger partial charge is 0.379 e. The Morgan fingerprint density at radius 1 is 1.05 bits per heavy atom. The van der Waals surface area contributed by atoms with Gasteiger partial charge in [-0.2, -0.15) is 22.5 Å². The number of nitrogens with zero attached hydrogens (tertiary/aromatic N) is 4. The maximum Gasteiger partial charge on any atom is 0.279 e. The predicted octanol–water partition coefficient (Wildman–Crippen LogP) is 2.72. The number of ether oxygens (including phenoxy) is 2. The molecule has 1 aliphatic carbocycles. The summed E-state index contributed by atoms with van der Waals surface area (Å²) in [6.07, 6.45) is 6.15. The Balaban J connectivity index is 1.21. The van der Waals surface area contributed by atoms with Gasteiger partial charge in [-0.1, -0.05) is 12.1 Å². The molecular weight excluding hydrogens is 497 g/mol. The molecule has 1 aromatic carbocycles. The first-order valence-corrected chi connectivity index (χ1v) is 14.7. The second-order valence-electron chi connectivity index (χ2n) is 10.2. The van der Waals surface area contributed by atoms with Crippen molar-refractivity contribution in [2.24, 2.45) is 5.92 Å². The van der Waals surface area contributed by atoms with E-state index in [0.717, 1.165) is 37.1 Å². The average Bonchev–Trinajstić information content (AvgIpc) is 2.93. The summed E-state index contributed by atoms with van der Waals surface area (Å²) in [6, 6.07) is 10.5. The molecule has 5 rings (SSSR count). The highest BCUT2D eigenvalue weighted by Gasteiger charge is 2.36.